The van der Waals surface area contributed by atoms with E-state index in [2.05, 4.69) is 5.10 Å². The molecule has 0 aliphatic heterocycles. The lowest BCUT2D eigenvalue weighted by molar-refractivity contribution is -0.387. The molecule has 0 atom stereocenters. The van der Waals surface area contributed by atoms with Crippen LogP contribution < -0.4 is 11.2 Å². The number of rotatable bonds is 10. The third kappa shape index (κ3) is 5.56. The summed E-state index contributed by atoms with van der Waals surface area (Å²) in [4.78, 5) is 37.1. The predicted octanol–water partition coefficient (Wildman–Crippen LogP) is 3.93. The van der Waals surface area contributed by atoms with Crippen LogP contribution in [0.15, 0.2) is 46.2 Å². The van der Waals surface area contributed by atoms with Crippen LogP contribution in [-0.2, 0) is 19.6 Å². The van der Waals surface area contributed by atoms with Gasteiger partial charge in [0, 0.05) is 30.4 Å². The molecule has 2 aromatic heterocycles. The van der Waals surface area contributed by atoms with Crippen molar-refractivity contribution in [2.24, 2.45) is 5.92 Å². The highest BCUT2D eigenvalue weighted by atomic mass is 19.1. The van der Waals surface area contributed by atoms with Gasteiger partial charge in [0.05, 0.1) is 17.7 Å². The zero-order chi connectivity index (χ0) is 24.8. The van der Waals surface area contributed by atoms with E-state index < -0.39 is 21.9 Å². The maximum atomic E-state index is 13.9. The van der Waals surface area contributed by atoms with Crippen LogP contribution in [0.4, 0.5) is 10.1 Å². The number of nitro groups is 1. The standard InChI is InChI=1S/C24H28FN5O4/c1-4-5-12-28-21(22(30(33)34)23(31)29(24(28)32)14-17(2)3)11-10-18-13-26-27(15-18)16-19-8-6-7-9-20(19)25/h6-11,13,15,17H,4-5,12,14,16H2,1-3H3. The molecular formula is C24H28FN5O4. The fraction of sp³-hybridized carbons (Fsp3) is 0.375. The molecule has 180 valence electrons. The molecular weight excluding hydrogens is 441 g/mol. The first-order chi connectivity index (χ1) is 16.2. The largest absolute Gasteiger partial charge is 0.357 e. The van der Waals surface area contributed by atoms with Crippen LogP contribution in [0.2, 0.25) is 0 Å². The summed E-state index contributed by atoms with van der Waals surface area (Å²) in [5, 5.41) is 16.1. The van der Waals surface area contributed by atoms with E-state index in [1.807, 2.05) is 20.8 Å². The molecule has 0 aliphatic carbocycles. The molecule has 0 N–H and O–H groups in total. The van der Waals surface area contributed by atoms with Crippen LogP contribution in [0.3, 0.4) is 0 Å². The van der Waals surface area contributed by atoms with Crippen molar-refractivity contribution >= 4 is 17.8 Å². The molecule has 10 heteroatoms. The van der Waals surface area contributed by atoms with E-state index in [-0.39, 0.29) is 37.1 Å². The average Bonchev–Trinajstić information content (AvgIpc) is 3.23. The fourth-order valence-corrected chi connectivity index (χ4v) is 3.63. The van der Waals surface area contributed by atoms with Crippen LogP contribution in [0, 0.1) is 21.8 Å². The Balaban J connectivity index is 2.04. The van der Waals surface area contributed by atoms with Gasteiger partial charge in [0.25, 0.3) is 0 Å². The third-order valence-corrected chi connectivity index (χ3v) is 5.29. The number of halogens is 1. The second-order valence-electron chi connectivity index (χ2n) is 8.48. The molecule has 0 radical (unpaired) electrons. The summed E-state index contributed by atoms with van der Waals surface area (Å²) in [6.07, 6.45) is 7.54. The first-order valence-electron chi connectivity index (χ1n) is 11.2. The Bertz CT molecular complexity index is 1320. The minimum absolute atomic E-state index is 0.0358. The summed E-state index contributed by atoms with van der Waals surface area (Å²) >= 11 is 0. The van der Waals surface area contributed by atoms with E-state index in [9.17, 15) is 24.1 Å². The van der Waals surface area contributed by atoms with E-state index >= 15 is 0 Å². The number of hydrogen-bond acceptors (Lipinski definition) is 5. The Morgan fingerprint density at radius 1 is 1.18 bits per heavy atom. The molecule has 1 aromatic carbocycles. The lowest BCUT2D eigenvalue weighted by atomic mass is 10.2. The van der Waals surface area contributed by atoms with Crippen LogP contribution in [0.25, 0.3) is 12.2 Å². The van der Waals surface area contributed by atoms with Crippen molar-refractivity contribution in [2.45, 2.75) is 53.2 Å². The van der Waals surface area contributed by atoms with E-state index in [1.165, 1.54) is 27.6 Å². The number of benzene rings is 1. The predicted molar refractivity (Wildman–Crippen MR) is 128 cm³/mol. The first kappa shape index (κ1) is 24.8. The highest BCUT2D eigenvalue weighted by molar-refractivity contribution is 5.71. The number of unbranched alkanes of at least 4 members (excludes halogenated alkanes) is 1. The zero-order valence-electron chi connectivity index (χ0n) is 19.5. The summed E-state index contributed by atoms with van der Waals surface area (Å²) in [7, 11) is 0. The molecule has 3 aromatic rings. The summed E-state index contributed by atoms with van der Waals surface area (Å²) < 4.78 is 17.7. The molecule has 0 aliphatic rings. The Kier molecular flexibility index (Phi) is 7.93. The van der Waals surface area contributed by atoms with Crippen molar-refractivity contribution in [3.05, 3.63) is 90.2 Å². The number of aromatic nitrogens is 4. The molecule has 0 fully saturated rings. The van der Waals surface area contributed by atoms with E-state index in [0.717, 1.165) is 11.0 Å². The lowest BCUT2D eigenvalue weighted by Gasteiger charge is -2.15. The SMILES string of the molecule is CCCCn1c(C=Cc2cnn(Cc3ccccc3F)c2)c([N+](=O)[O-])c(=O)n(CC(C)C)c1=O. The van der Waals surface area contributed by atoms with Gasteiger partial charge in [0.15, 0.2) is 0 Å². The third-order valence-electron chi connectivity index (χ3n) is 5.29. The van der Waals surface area contributed by atoms with Crippen molar-refractivity contribution in [2.75, 3.05) is 0 Å². The summed E-state index contributed by atoms with van der Waals surface area (Å²) in [5.41, 5.74) is -1.09. The normalized spacial score (nSPS) is 11.6. The highest BCUT2D eigenvalue weighted by Gasteiger charge is 2.26. The summed E-state index contributed by atoms with van der Waals surface area (Å²) in [6.45, 7) is 6.18. The monoisotopic (exact) mass is 469 g/mol. The second kappa shape index (κ2) is 10.9. The minimum Gasteiger partial charge on any atom is -0.287 e. The molecule has 34 heavy (non-hydrogen) atoms. The van der Waals surface area contributed by atoms with E-state index in [4.69, 9.17) is 0 Å². The van der Waals surface area contributed by atoms with Crippen LogP contribution >= 0.6 is 0 Å². The minimum atomic E-state index is -0.911. The van der Waals surface area contributed by atoms with Gasteiger partial charge in [-0.1, -0.05) is 45.4 Å². The van der Waals surface area contributed by atoms with Crippen molar-refractivity contribution < 1.29 is 9.31 Å². The Labute approximate surface area is 195 Å². The zero-order valence-corrected chi connectivity index (χ0v) is 19.5. The summed E-state index contributed by atoms with van der Waals surface area (Å²) in [6, 6.07) is 6.37. The Morgan fingerprint density at radius 3 is 2.56 bits per heavy atom. The fourth-order valence-electron chi connectivity index (χ4n) is 3.63. The van der Waals surface area contributed by atoms with Gasteiger partial charge in [-0.05, 0) is 30.6 Å². The number of nitrogens with zero attached hydrogens (tertiary/aromatic N) is 5. The van der Waals surface area contributed by atoms with Gasteiger partial charge >= 0.3 is 16.9 Å². The Hall–Kier alpha value is -3.82. The smallest absolute Gasteiger partial charge is 0.287 e. The quantitative estimate of drug-likeness (QED) is 0.330. The van der Waals surface area contributed by atoms with E-state index in [0.29, 0.717) is 17.5 Å². The van der Waals surface area contributed by atoms with Gasteiger partial charge in [-0.2, -0.15) is 5.10 Å². The molecule has 0 saturated carbocycles. The molecule has 2 heterocycles. The van der Waals surface area contributed by atoms with Gasteiger partial charge in [-0.3, -0.25) is 28.7 Å². The molecule has 0 spiro atoms. The Morgan fingerprint density at radius 2 is 1.91 bits per heavy atom. The van der Waals surface area contributed by atoms with Crippen molar-refractivity contribution in [3.63, 3.8) is 0 Å². The molecule has 0 amide bonds. The van der Waals surface area contributed by atoms with E-state index in [1.54, 1.807) is 30.5 Å². The topological polar surface area (TPSA) is 105 Å². The second-order valence-corrected chi connectivity index (χ2v) is 8.48. The molecule has 3 rings (SSSR count). The van der Waals surface area contributed by atoms with Crippen molar-refractivity contribution in [3.8, 4) is 0 Å². The van der Waals surface area contributed by atoms with Crippen LogP contribution in [0.5, 0.6) is 0 Å². The average molecular weight is 470 g/mol. The van der Waals surface area contributed by atoms with Gasteiger partial charge in [-0.15, -0.1) is 0 Å². The van der Waals surface area contributed by atoms with Gasteiger partial charge in [0.2, 0.25) is 0 Å². The lowest BCUT2D eigenvalue weighted by Crippen LogP contribution is -2.43. The first-order valence-corrected chi connectivity index (χ1v) is 11.2. The van der Waals surface area contributed by atoms with Gasteiger partial charge in [-0.25, -0.2) is 9.18 Å². The van der Waals surface area contributed by atoms with Gasteiger partial charge in [0.1, 0.15) is 11.5 Å². The summed E-state index contributed by atoms with van der Waals surface area (Å²) in [5.74, 6) is -0.376. The maximum Gasteiger partial charge on any atom is 0.357 e. The van der Waals surface area contributed by atoms with Crippen LogP contribution in [0.1, 0.15) is 50.4 Å². The maximum absolute atomic E-state index is 13.9. The molecule has 9 nitrogen and oxygen atoms in total. The molecule has 0 unspecified atom stereocenters. The van der Waals surface area contributed by atoms with Gasteiger partial charge < -0.3 is 0 Å². The van der Waals surface area contributed by atoms with Crippen molar-refractivity contribution in [1.82, 2.24) is 18.9 Å². The van der Waals surface area contributed by atoms with Crippen molar-refractivity contribution in [1.29, 1.82) is 0 Å². The number of hydrogen-bond donors (Lipinski definition) is 0. The van der Waals surface area contributed by atoms with Crippen LogP contribution in [-0.4, -0.2) is 23.8 Å². The molecule has 0 saturated heterocycles. The highest BCUT2D eigenvalue weighted by Crippen LogP contribution is 2.17. The molecule has 0 bridgehead atoms.